The molecule has 1 aromatic rings. The number of ether oxygens (including phenoxy) is 1. The number of nitrogens with one attached hydrogen (secondary N) is 1. The predicted octanol–water partition coefficient (Wildman–Crippen LogP) is 4.62. The van der Waals surface area contributed by atoms with E-state index in [4.69, 9.17) is 4.74 Å². The van der Waals surface area contributed by atoms with Crippen LogP contribution in [0.4, 0.5) is 4.39 Å². The maximum absolute atomic E-state index is 13.2. The molecule has 1 aliphatic carbocycles. The fourth-order valence-corrected chi connectivity index (χ4v) is 4.20. The van der Waals surface area contributed by atoms with Gasteiger partial charge >= 0.3 is 0 Å². The lowest BCUT2D eigenvalue weighted by Gasteiger charge is -2.34. The summed E-state index contributed by atoms with van der Waals surface area (Å²) in [6.45, 7) is 3.80. The number of rotatable bonds is 7. The number of benzene rings is 1. The Hall–Kier alpha value is -0.890. The molecule has 0 unspecified atom stereocenters. The van der Waals surface area contributed by atoms with Gasteiger partial charge < -0.3 is 15.0 Å². The zero-order valence-electron chi connectivity index (χ0n) is 17.0. The summed E-state index contributed by atoms with van der Waals surface area (Å²) in [6, 6.07) is 6.86. The van der Waals surface area contributed by atoms with Crippen molar-refractivity contribution in [2.24, 2.45) is 10.9 Å². The summed E-state index contributed by atoms with van der Waals surface area (Å²) in [5.74, 6) is 1.62. The maximum Gasteiger partial charge on any atom is 0.193 e. The van der Waals surface area contributed by atoms with Crippen LogP contribution in [0, 0.1) is 11.7 Å². The molecule has 3 rings (SSSR count). The Labute approximate surface area is 186 Å². The Morgan fingerprint density at radius 2 is 1.96 bits per heavy atom. The fourth-order valence-electron chi connectivity index (χ4n) is 4.20. The summed E-state index contributed by atoms with van der Waals surface area (Å²) >= 11 is 0. The van der Waals surface area contributed by atoms with Gasteiger partial charge in [0.2, 0.25) is 0 Å². The first-order chi connectivity index (χ1) is 13.2. The number of aryl methyl sites for hydroxylation is 1. The second-order valence-electron chi connectivity index (χ2n) is 7.88. The van der Waals surface area contributed by atoms with Crippen molar-refractivity contribution >= 4 is 29.9 Å². The smallest absolute Gasteiger partial charge is 0.193 e. The van der Waals surface area contributed by atoms with Crippen LogP contribution in [0.25, 0.3) is 0 Å². The standard InChI is InChI=1S/C22H34FN3O.HI/c1-24-22(25-13-5-9-18-8-4-10-20(23)16-18)26-14-11-21(12-15-26)27-17-19-6-2-3-7-19;/h4,8,10,16,19,21H,2-3,5-7,9,11-15,17H2,1H3,(H,24,25);1H. The summed E-state index contributed by atoms with van der Waals surface area (Å²) in [5.41, 5.74) is 1.05. The van der Waals surface area contributed by atoms with E-state index in [1.807, 2.05) is 13.1 Å². The summed E-state index contributed by atoms with van der Waals surface area (Å²) in [5, 5.41) is 3.46. The van der Waals surface area contributed by atoms with Crippen LogP contribution in [0.3, 0.4) is 0 Å². The van der Waals surface area contributed by atoms with Crippen molar-refractivity contribution < 1.29 is 9.13 Å². The van der Waals surface area contributed by atoms with Crippen LogP contribution in [0.15, 0.2) is 29.3 Å². The third-order valence-electron chi connectivity index (χ3n) is 5.81. The Bertz CT molecular complexity index is 599. The molecule has 4 nitrogen and oxygen atoms in total. The number of nitrogens with zero attached hydrogens (tertiary/aromatic N) is 2. The molecule has 0 spiro atoms. The van der Waals surface area contributed by atoms with Crippen molar-refractivity contribution in [1.29, 1.82) is 0 Å². The van der Waals surface area contributed by atoms with Crippen LogP contribution in [0.2, 0.25) is 0 Å². The van der Waals surface area contributed by atoms with Gasteiger partial charge in [-0.05, 0) is 62.1 Å². The molecule has 1 N–H and O–H groups in total. The van der Waals surface area contributed by atoms with Crippen LogP contribution in [-0.2, 0) is 11.2 Å². The molecule has 0 amide bonds. The molecule has 0 atom stereocenters. The van der Waals surface area contributed by atoms with Gasteiger partial charge in [-0.3, -0.25) is 4.99 Å². The molecule has 6 heteroatoms. The van der Waals surface area contributed by atoms with Crippen LogP contribution < -0.4 is 5.32 Å². The number of guanidine groups is 1. The van der Waals surface area contributed by atoms with Crippen molar-refractivity contribution in [1.82, 2.24) is 10.2 Å². The van der Waals surface area contributed by atoms with Crippen LogP contribution in [0.1, 0.15) is 50.5 Å². The van der Waals surface area contributed by atoms with Gasteiger partial charge in [-0.25, -0.2) is 4.39 Å². The van der Waals surface area contributed by atoms with Gasteiger partial charge in [-0.1, -0.05) is 25.0 Å². The van der Waals surface area contributed by atoms with Gasteiger partial charge in [0.1, 0.15) is 5.82 Å². The first-order valence-electron chi connectivity index (χ1n) is 10.6. The molecule has 2 fully saturated rings. The summed E-state index contributed by atoms with van der Waals surface area (Å²) in [6.07, 6.45) is 9.88. The monoisotopic (exact) mass is 503 g/mol. The molecule has 1 saturated carbocycles. The Kier molecular flexibility index (Phi) is 10.5. The molecule has 158 valence electrons. The highest BCUT2D eigenvalue weighted by atomic mass is 127. The van der Waals surface area contributed by atoms with Crippen molar-refractivity contribution in [3.8, 4) is 0 Å². The second kappa shape index (κ2) is 12.6. The van der Waals surface area contributed by atoms with Gasteiger partial charge in [-0.2, -0.15) is 0 Å². The zero-order chi connectivity index (χ0) is 18.9. The summed E-state index contributed by atoms with van der Waals surface area (Å²) in [4.78, 5) is 6.77. The van der Waals surface area contributed by atoms with E-state index in [-0.39, 0.29) is 29.8 Å². The molecular weight excluding hydrogens is 468 g/mol. The third kappa shape index (κ3) is 7.50. The number of likely N-dealkylation sites (tertiary alicyclic amines) is 1. The normalized spacial score (nSPS) is 18.9. The minimum Gasteiger partial charge on any atom is -0.378 e. The topological polar surface area (TPSA) is 36.9 Å². The van der Waals surface area contributed by atoms with E-state index in [1.54, 1.807) is 12.1 Å². The first kappa shape index (κ1) is 23.4. The Morgan fingerprint density at radius 3 is 2.64 bits per heavy atom. The number of halogens is 2. The van der Waals surface area contributed by atoms with E-state index in [9.17, 15) is 4.39 Å². The molecule has 0 bridgehead atoms. The van der Waals surface area contributed by atoms with Gasteiger partial charge in [0.15, 0.2) is 5.96 Å². The predicted molar refractivity (Wildman–Crippen MR) is 124 cm³/mol. The number of hydrogen-bond acceptors (Lipinski definition) is 2. The molecule has 0 radical (unpaired) electrons. The van der Waals surface area contributed by atoms with Crippen LogP contribution in [-0.4, -0.2) is 50.3 Å². The fraction of sp³-hybridized carbons (Fsp3) is 0.682. The Morgan fingerprint density at radius 1 is 1.21 bits per heavy atom. The summed E-state index contributed by atoms with van der Waals surface area (Å²) < 4.78 is 19.4. The van der Waals surface area contributed by atoms with Gasteiger partial charge in [0.05, 0.1) is 6.10 Å². The van der Waals surface area contributed by atoms with E-state index >= 15 is 0 Å². The molecule has 1 aromatic carbocycles. The highest BCUT2D eigenvalue weighted by Gasteiger charge is 2.23. The molecule has 0 aromatic heterocycles. The highest BCUT2D eigenvalue weighted by Crippen LogP contribution is 2.26. The quantitative estimate of drug-likeness (QED) is 0.255. The van der Waals surface area contributed by atoms with Crippen molar-refractivity contribution in [2.45, 2.75) is 57.5 Å². The molecule has 1 heterocycles. The van der Waals surface area contributed by atoms with Gasteiger partial charge in [0, 0.05) is 33.3 Å². The lowest BCUT2D eigenvalue weighted by Crippen LogP contribution is -2.47. The molecule has 1 aliphatic heterocycles. The third-order valence-corrected chi connectivity index (χ3v) is 5.81. The minimum atomic E-state index is -0.158. The van der Waals surface area contributed by atoms with Crippen molar-refractivity contribution in [3.05, 3.63) is 35.6 Å². The zero-order valence-corrected chi connectivity index (χ0v) is 19.4. The lowest BCUT2D eigenvalue weighted by molar-refractivity contribution is 0.00102. The van der Waals surface area contributed by atoms with Gasteiger partial charge in [0.25, 0.3) is 0 Å². The molecular formula is C22H35FIN3O. The second-order valence-corrected chi connectivity index (χ2v) is 7.88. The van der Waals surface area contributed by atoms with Crippen molar-refractivity contribution in [3.63, 3.8) is 0 Å². The summed E-state index contributed by atoms with van der Waals surface area (Å²) in [7, 11) is 1.84. The van der Waals surface area contributed by atoms with Crippen LogP contribution in [0.5, 0.6) is 0 Å². The SMILES string of the molecule is CN=C(NCCCc1cccc(F)c1)N1CCC(OCC2CCCC2)CC1.I. The average Bonchev–Trinajstić information content (AvgIpc) is 3.21. The van der Waals surface area contributed by atoms with E-state index in [0.717, 1.165) is 69.4 Å². The minimum absolute atomic E-state index is 0. The number of piperidine rings is 1. The van der Waals surface area contributed by atoms with E-state index in [2.05, 4.69) is 15.2 Å². The lowest BCUT2D eigenvalue weighted by atomic mass is 10.1. The van der Waals surface area contributed by atoms with Gasteiger partial charge in [-0.15, -0.1) is 24.0 Å². The van der Waals surface area contributed by atoms with E-state index in [1.165, 1.54) is 31.7 Å². The molecule has 2 aliphatic rings. The average molecular weight is 503 g/mol. The number of hydrogen-bond donors (Lipinski definition) is 1. The van der Waals surface area contributed by atoms with E-state index < -0.39 is 0 Å². The Balaban J connectivity index is 0.00000280. The van der Waals surface area contributed by atoms with Crippen molar-refractivity contribution in [2.75, 3.05) is 33.3 Å². The highest BCUT2D eigenvalue weighted by molar-refractivity contribution is 14.0. The largest absolute Gasteiger partial charge is 0.378 e. The first-order valence-corrected chi connectivity index (χ1v) is 10.6. The number of aliphatic imine (C=N–C) groups is 1. The maximum atomic E-state index is 13.2. The van der Waals surface area contributed by atoms with Crippen LogP contribution >= 0.6 is 24.0 Å². The molecule has 1 saturated heterocycles. The molecule has 28 heavy (non-hydrogen) atoms. The van der Waals surface area contributed by atoms with E-state index in [0.29, 0.717) is 6.10 Å².